The fourth-order valence-electron chi connectivity index (χ4n) is 5.97. The average molecular weight is 535 g/mol. The molecule has 0 atom stereocenters. The lowest BCUT2D eigenvalue weighted by Crippen LogP contribution is -2.15. The van der Waals surface area contributed by atoms with E-state index < -0.39 is 0 Å². The molecule has 198 valence electrons. The normalized spacial score (nSPS) is 11.0. The Bertz CT molecular complexity index is 1980. The summed E-state index contributed by atoms with van der Waals surface area (Å²) in [6.45, 7) is 0. The second kappa shape index (κ2) is 11.3. The van der Waals surface area contributed by atoms with E-state index in [0.29, 0.717) is 0 Å². The first-order valence-corrected chi connectivity index (χ1v) is 14.5. The van der Waals surface area contributed by atoms with Crippen LogP contribution in [0.3, 0.4) is 0 Å². The van der Waals surface area contributed by atoms with Gasteiger partial charge in [-0.25, -0.2) is 0 Å². The molecule has 0 fully saturated rings. The molecule has 7 aromatic carbocycles. The highest BCUT2D eigenvalue weighted by atomic mass is 15.1. The van der Waals surface area contributed by atoms with Crippen molar-refractivity contribution in [1.29, 1.82) is 0 Å². The summed E-state index contributed by atoms with van der Waals surface area (Å²) in [6, 6.07) is 61.1. The molecule has 0 aliphatic carbocycles. The molecule has 0 N–H and O–H groups in total. The van der Waals surface area contributed by atoms with Crippen LogP contribution in [0.5, 0.6) is 0 Å². The van der Waals surface area contributed by atoms with Crippen molar-refractivity contribution < 1.29 is 0 Å². The lowest BCUT2D eigenvalue weighted by molar-refractivity contribution is 1.29. The van der Waals surface area contributed by atoms with Crippen molar-refractivity contribution in [3.8, 4) is 33.4 Å². The molecule has 0 saturated heterocycles. The van der Waals surface area contributed by atoms with Crippen LogP contribution in [0.4, 0.5) is 17.1 Å². The third-order valence-corrected chi connectivity index (χ3v) is 7.92. The lowest BCUT2D eigenvalue weighted by Gasteiger charge is -2.32. The van der Waals surface area contributed by atoms with E-state index in [-0.39, 0.29) is 0 Å². The van der Waals surface area contributed by atoms with Crippen molar-refractivity contribution in [3.63, 3.8) is 0 Å². The fourth-order valence-corrected chi connectivity index (χ4v) is 5.97. The van der Waals surface area contributed by atoms with Crippen molar-refractivity contribution in [2.24, 2.45) is 0 Å². The molecule has 42 heavy (non-hydrogen) atoms. The van der Waals surface area contributed by atoms with Crippen LogP contribution < -0.4 is 10.4 Å². The van der Waals surface area contributed by atoms with Crippen LogP contribution in [0.1, 0.15) is 0 Å². The van der Waals surface area contributed by atoms with E-state index in [2.05, 4.69) is 183 Å². The SMILES string of the molecule is Bc1ccc(N(c2ccccc2-c2ccccc2)c2ccc3ccccc3c2-c2ccccc2)c(-c2ccccc2)c1. The van der Waals surface area contributed by atoms with Crippen molar-refractivity contribution in [2.45, 2.75) is 0 Å². The zero-order valence-electron chi connectivity index (χ0n) is 23.6. The van der Waals surface area contributed by atoms with Gasteiger partial charge in [0.25, 0.3) is 0 Å². The number of hydrogen-bond donors (Lipinski definition) is 0. The first kappa shape index (κ1) is 25.6. The minimum Gasteiger partial charge on any atom is -0.309 e. The van der Waals surface area contributed by atoms with E-state index in [1.165, 1.54) is 49.6 Å². The summed E-state index contributed by atoms with van der Waals surface area (Å²) in [7, 11) is 2.17. The molecule has 0 unspecified atom stereocenters. The molecule has 0 aliphatic heterocycles. The van der Waals surface area contributed by atoms with E-state index in [9.17, 15) is 0 Å². The number of rotatable bonds is 6. The molecule has 7 aromatic rings. The summed E-state index contributed by atoms with van der Waals surface area (Å²) in [4.78, 5) is 2.47. The molecule has 0 aliphatic rings. The van der Waals surface area contributed by atoms with Gasteiger partial charge in [-0.1, -0.05) is 157 Å². The number of hydrogen-bond acceptors (Lipinski definition) is 1. The number of nitrogens with zero attached hydrogens (tertiary/aromatic N) is 1. The number of para-hydroxylation sites is 1. The molecule has 2 heteroatoms. The highest BCUT2D eigenvalue weighted by Crippen LogP contribution is 2.49. The van der Waals surface area contributed by atoms with Crippen LogP contribution in [0.2, 0.25) is 0 Å². The molecule has 0 spiro atoms. The minimum absolute atomic E-state index is 1.14. The van der Waals surface area contributed by atoms with Gasteiger partial charge in [-0.05, 0) is 45.7 Å². The molecular formula is C40H30BN. The summed E-state index contributed by atoms with van der Waals surface area (Å²) in [5, 5.41) is 2.46. The summed E-state index contributed by atoms with van der Waals surface area (Å²) in [5.74, 6) is 0. The van der Waals surface area contributed by atoms with E-state index in [1.807, 2.05) is 0 Å². The third kappa shape index (κ3) is 4.78. The smallest absolute Gasteiger partial charge is 0.139 e. The van der Waals surface area contributed by atoms with Gasteiger partial charge in [0.1, 0.15) is 7.85 Å². The second-order valence-electron chi connectivity index (χ2n) is 10.7. The first-order chi connectivity index (χ1) is 20.8. The lowest BCUT2D eigenvalue weighted by atomic mass is 9.89. The Balaban J connectivity index is 1.60. The van der Waals surface area contributed by atoms with Crippen molar-refractivity contribution in [2.75, 3.05) is 4.90 Å². The summed E-state index contributed by atoms with van der Waals surface area (Å²) in [5.41, 5.74) is 11.8. The summed E-state index contributed by atoms with van der Waals surface area (Å²) >= 11 is 0. The molecule has 1 nitrogen and oxygen atoms in total. The fraction of sp³-hybridized carbons (Fsp3) is 0. The molecule has 0 bridgehead atoms. The zero-order chi connectivity index (χ0) is 28.3. The van der Waals surface area contributed by atoms with Gasteiger partial charge in [-0.2, -0.15) is 0 Å². The van der Waals surface area contributed by atoms with Crippen molar-refractivity contribution in [1.82, 2.24) is 0 Å². The Labute approximate surface area is 248 Å². The van der Waals surface area contributed by atoms with Crippen LogP contribution in [-0.4, -0.2) is 7.85 Å². The number of anilines is 3. The number of benzene rings is 7. The largest absolute Gasteiger partial charge is 0.309 e. The van der Waals surface area contributed by atoms with Gasteiger partial charge in [0, 0.05) is 16.7 Å². The Morgan fingerprint density at radius 2 is 0.905 bits per heavy atom. The van der Waals surface area contributed by atoms with E-state index >= 15 is 0 Å². The molecule has 0 radical (unpaired) electrons. The van der Waals surface area contributed by atoms with Gasteiger partial charge >= 0.3 is 0 Å². The summed E-state index contributed by atoms with van der Waals surface area (Å²) in [6.07, 6.45) is 0. The highest BCUT2D eigenvalue weighted by molar-refractivity contribution is 6.33. The topological polar surface area (TPSA) is 3.24 Å². The van der Waals surface area contributed by atoms with Crippen LogP contribution in [0.15, 0.2) is 170 Å². The Morgan fingerprint density at radius 1 is 0.381 bits per heavy atom. The first-order valence-electron chi connectivity index (χ1n) is 14.5. The molecule has 0 amide bonds. The minimum atomic E-state index is 1.14. The molecule has 7 rings (SSSR count). The van der Waals surface area contributed by atoms with Crippen LogP contribution >= 0.6 is 0 Å². The van der Waals surface area contributed by atoms with Crippen LogP contribution in [0.25, 0.3) is 44.2 Å². The van der Waals surface area contributed by atoms with Gasteiger partial charge in [0.2, 0.25) is 0 Å². The molecule has 0 saturated carbocycles. The monoisotopic (exact) mass is 535 g/mol. The third-order valence-electron chi connectivity index (χ3n) is 7.92. The zero-order valence-corrected chi connectivity index (χ0v) is 23.6. The predicted octanol–water partition coefficient (Wildman–Crippen LogP) is 9.57. The van der Waals surface area contributed by atoms with Gasteiger partial charge in [0.05, 0.1) is 17.1 Å². The van der Waals surface area contributed by atoms with Gasteiger partial charge in [0.15, 0.2) is 0 Å². The molecule has 0 aromatic heterocycles. The number of fused-ring (bicyclic) bond motifs is 1. The average Bonchev–Trinajstić information content (AvgIpc) is 3.07. The van der Waals surface area contributed by atoms with Gasteiger partial charge < -0.3 is 4.90 Å². The highest BCUT2D eigenvalue weighted by Gasteiger charge is 2.24. The Morgan fingerprint density at radius 3 is 1.62 bits per heavy atom. The van der Waals surface area contributed by atoms with Crippen molar-refractivity contribution >= 4 is 41.1 Å². The van der Waals surface area contributed by atoms with Crippen LogP contribution in [0, 0.1) is 0 Å². The maximum absolute atomic E-state index is 2.47. The van der Waals surface area contributed by atoms with E-state index in [4.69, 9.17) is 0 Å². The quantitative estimate of drug-likeness (QED) is 0.192. The van der Waals surface area contributed by atoms with Crippen molar-refractivity contribution in [3.05, 3.63) is 170 Å². The summed E-state index contributed by atoms with van der Waals surface area (Å²) < 4.78 is 0. The predicted molar refractivity (Wildman–Crippen MR) is 183 cm³/mol. The van der Waals surface area contributed by atoms with Gasteiger partial charge in [-0.15, -0.1) is 0 Å². The molecular weight excluding hydrogens is 505 g/mol. The Hall–Kier alpha value is -5.34. The maximum Gasteiger partial charge on any atom is 0.139 e. The van der Waals surface area contributed by atoms with Gasteiger partial charge in [-0.3, -0.25) is 0 Å². The standard InChI is InChI=1S/C40H30BN/c41-33-25-27-38(36(28-33)30-16-6-2-7-17-30)42(37-23-13-12-21-34(37)29-14-4-1-5-15-29)39-26-24-31-18-10-11-22-35(31)40(39)32-19-8-3-9-20-32/h1-28H,41H2. The second-order valence-corrected chi connectivity index (χ2v) is 10.7. The molecule has 0 heterocycles. The Kier molecular flexibility index (Phi) is 6.88. The van der Waals surface area contributed by atoms with E-state index in [1.54, 1.807) is 0 Å². The van der Waals surface area contributed by atoms with E-state index in [0.717, 1.165) is 17.1 Å². The van der Waals surface area contributed by atoms with Crippen LogP contribution in [-0.2, 0) is 0 Å². The maximum atomic E-state index is 2.47.